The Hall–Kier alpha value is -2.57. The van der Waals surface area contributed by atoms with Gasteiger partial charge in [-0.05, 0) is 30.7 Å². The van der Waals surface area contributed by atoms with Gasteiger partial charge in [-0.2, -0.15) is 0 Å². The Balaban J connectivity index is 1.59. The molecule has 0 spiro atoms. The largest absolute Gasteiger partial charge is 0.484 e. The first-order valence-electron chi connectivity index (χ1n) is 6.33. The fourth-order valence-electron chi connectivity index (χ4n) is 1.58. The number of carbonyl (C=O) groups excluding carboxylic acids is 1. The van der Waals surface area contributed by atoms with E-state index in [0.717, 1.165) is 13.0 Å². The van der Waals surface area contributed by atoms with Gasteiger partial charge in [-0.3, -0.25) is 9.48 Å². The summed E-state index contributed by atoms with van der Waals surface area (Å²) >= 11 is 0. The lowest BCUT2D eigenvalue weighted by atomic mass is 10.3. The Bertz CT molecular complexity index is 524. The molecule has 1 aromatic heterocycles. The Labute approximate surface area is 116 Å². The van der Waals surface area contributed by atoms with Crippen molar-refractivity contribution in [3.05, 3.63) is 36.7 Å². The van der Waals surface area contributed by atoms with Gasteiger partial charge in [-0.1, -0.05) is 5.21 Å². The zero-order valence-electron chi connectivity index (χ0n) is 11.0. The third kappa shape index (κ3) is 4.60. The van der Waals surface area contributed by atoms with Gasteiger partial charge in [-0.25, -0.2) is 0 Å². The highest BCUT2D eigenvalue weighted by atomic mass is 16.5. The van der Waals surface area contributed by atoms with Gasteiger partial charge in [0, 0.05) is 25.0 Å². The lowest BCUT2D eigenvalue weighted by Crippen LogP contribution is -2.30. The number of ether oxygens (including phenoxy) is 1. The summed E-state index contributed by atoms with van der Waals surface area (Å²) < 4.78 is 7.05. The van der Waals surface area contributed by atoms with Gasteiger partial charge >= 0.3 is 0 Å². The zero-order chi connectivity index (χ0) is 14.2. The quantitative estimate of drug-likeness (QED) is 0.565. The van der Waals surface area contributed by atoms with E-state index < -0.39 is 0 Å². The van der Waals surface area contributed by atoms with E-state index >= 15 is 0 Å². The Morgan fingerprint density at radius 3 is 2.85 bits per heavy atom. The van der Waals surface area contributed by atoms with E-state index in [2.05, 4.69) is 15.6 Å². The number of nitrogens with two attached hydrogens (primary N) is 1. The Morgan fingerprint density at radius 1 is 1.35 bits per heavy atom. The van der Waals surface area contributed by atoms with Gasteiger partial charge in [0.2, 0.25) is 0 Å². The molecule has 20 heavy (non-hydrogen) atoms. The van der Waals surface area contributed by atoms with Crippen molar-refractivity contribution in [2.24, 2.45) is 0 Å². The molecule has 0 aliphatic rings. The first-order valence-corrected chi connectivity index (χ1v) is 6.33. The molecule has 2 rings (SSSR count). The molecule has 106 valence electrons. The number of rotatable bonds is 7. The summed E-state index contributed by atoms with van der Waals surface area (Å²) in [5.74, 6) is 0.470. The molecule has 7 nitrogen and oxygen atoms in total. The van der Waals surface area contributed by atoms with Crippen LogP contribution in [0.4, 0.5) is 5.69 Å². The topological polar surface area (TPSA) is 95.1 Å². The van der Waals surface area contributed by atoms with Crippen molar-refractivity contribution in [1.82, 2.24) is 20.3 Å². The molecule has 0 bridgehead atoms. The van der Waals surface area contributed by atoms with E-state index in [1.807, 2.05) is 0 Å². The molecule has 0 aliphatic carbocycles. The van der Waals surface area contributed by atoms with Crippen molar-refractivity contribution in [3.8, 4) is 5.75 Å². The maximum absolute atomic E-state index is 11.5. The van der Waals surface area contributed by atoms with Crippen LogP contribution in [-0.4, -0.2) is 34.1 Å². The van der Waals surface area contributed by atoms with Gasteiger partial charge in [-0.15, -0.1) is 5.10 Å². The van der Waals surface area contributed by atoms with Crippen molar-refractivity contribution < 1.29 is 9.53 Å². The molecule has 0 aliphatic heterocycles. The summed E-state index contributed by atoms with van der Waals surface area (Å²) in [5.41, 5.74) is 6.22. The second kappa shape index (κ2) is 7.13. The Morgan fingerprint density at radius 2 is 2.15 bits per heavy atom. The number of nitrogens with zero attached hydrogens (tertiary/aromatic N) is 3. The molecule has 0 unspecified atom stereocenters. The summed E-state index contributed by atoms with van der Waals surface area (Å²) in [6.07, 6.45) is 4.20. The molecule has 0 atom stereocenters. The van der Waals surface area contributed by atoms with Gasteiger partial charge < -0.3 is 15.8 Å². The van der Waals surface area contributed by atoms with Crippen molar-refractivity contribution >= 4 is 11.6 Å². The zero-order valence-corrected chi connectivity index (χ0v) is 11.0. The highest BCUT2D eigenvalue weighted by Crippen LogP contribution is 2.12. The second-order valence-electron chi connectivity index (χ2n) is 4.23. The van der Waals surface area contributed by atoms with Gasteiger partial charge in [0.1, 0.15) is 5.75 Å². The highest BCUT2D eigenvalue weighted by Gasteiger charge is 2.02. The molecule has 1 aromatic carbocycles. The molecule has 7 heteroatoms. The van der Waals surface area contributed by atoms with Gasteiger partial charge in [0.05, 0.1) is 6.20 Å². The molecular weight excluding hydrogens is 258 g/mol. The minimum absolute atomic E-state index is 0.00670. The SMILES string of the molecule is Nc1ccc(OCC(=O)NCCCn2ccnn2)cc1. The summed E-state index contributed by atoms with van der Waals surface area (Å²) in [6.45, 7) is 1.29. The van der Waals surface area contributed by atoms with E-state index in [1.54, 1.807) is 41.3 Å². The van der Waals surface area contributed by atoms with E-state index in [-0.39, 0.29) is 12.5 Å². The summed E-state index contributed by atoms with van der Waals surface area (Å²) in [6, 6.07) is 6.91. The lowest BCUT2D eigenvalue weighted by Gasteiger charge is -2.07. The highest BCUT2D eigenvalue weighted by molar-refractivity contribution is 5.77. The molecule has 1 amide bonds. The maximum atomic E-state index is 11.5. The third-order valence-electron chi connectivity index (χ3n) is 2.61. The van der Waals surface area contributed by atoms with Crippen LogP contribution in [0.15, 0.2) is 36.7 Å². The summed E-state index contributed by atoms with van der Waals surface area (Å²) in [4.78, 5) is 11.5. The van der Waals surface area contributed by atoms with Crippen LogP contribution in [0, 0.1) is 0 Å². The van der Waals surface area contributed by atoms with E-state index in [4.69, 9.17) is 10.5 Å². The van der Waals surface area contributed by atoms with E-state index in [1.165, 1.54) is 0 Å². The molecule has 0 radical (unpaired) electrons. The number of hydrogen-bond acceptors (Lipinski definition) is 5. The summed E-state index contributed by atoms with van der Waals surface area (Å²) in [7, 11) is 0. The van der Waals surface area contributed by atoms with Crippen molar-refractivity contribution in [2.75, 3.05) is 18.9 Å². The predicted octanol–water partition coefficient (Wildman–Crippen LogP) is 0.446. The standard InChI is InChI=1S/C13H17N5O2/c14-11-2-4-12(5-3-11)20-10-13(19)15-6-1-8-18-9-7-16-17-18/h2-5,7,9H,1,6,8,10,14H2,(H,15,19). The normalized spacial score (nSPS) is 10.2. The number of carbonyl (C=O) groups is 1. The second-order valence-corrected chi connectivity index (χ2v) is 4.23. The van der Waals surface area contributed by atoms with Crippen molar-refractivity contribution in [1.29, 1.82) is 0 Å². The van der Waals surface area contributed by atoms with Crippen LogP contribution in [-0.2, 0) is 11.3 Å². The van der Waals surface area contributed by atoms with Crippen LogP contribution in [0.5, 0.6) is 5.75 Å². The maximum Gasteiger partial charge on any atom is 0.257 e. The van der Waals surface area contributed by atoms with E-state index in [0.29, 0.717) is 18.0 Å². The average Bonchev–Trinajstić information content (AvgIpc) is 2.96. The predicted molar refractivity (Wildman–Crippen MR) is 74.0 cm³/mol. The minimum Gasteiger partial charge on any atom is -0.484 e. The monoisotopic (exact) mass is 275 g/mol. The van der Waals surface area contributed by atoms with Crippen LogP contribution in [0.3, 0.4) is 0 Å². The van der Waals surface area contributed by atoms with Crippen molar-refractivity contribution in [2.45, 2.75) is 13.0 Å². The number of anilines is 1. The molecule has 0 saturated heterocycles. The Kier molecular flexibility index (Phi) is 4.94. The van der Waals surface area contributed by atoms with Crippen LogP contribution in [0.2, 0.25) is 0 Å². The van der Waals surface area contributed by atoms with Gasteiger partial charge in [0.25, 0.3) is 5.91 Å². The number of aryl methyl sites for hydroxylation is 1. The van der Waals surface area contributed by atoms with Crippen molar-refractivity contribution in [3.63, 3.8) is 0 Å². The van der Waals surface area contributed by atoms with Crippen LogP contribution in [0.1, 0.15) is 6.42 Å². The first kappa shape index (κ1) is 13.9. The number of nitrogen functional groups attached to an aromatic ring is 1. The number of hydrogen-bond donors (Lipinski definition) is 2. The fourth-order valence-corrected chi connectivity index (χ4v) is 1.58. The molecule has 0 fully saturated rings. The minimum atomic E-state index is -0.152. The molecule has 2 aromatic rings. The van der Waals surface area contributed by atoms with Crippen LogP contribution in [0.25, 0.3) is 0 Å². The van der Waals surface area contributed by atoms with Crippen LogP contribution >= 0.6 is 0 Å². The average molecular weight is 275 g/mol. The number of benzene rings is 1. The molecular formula is C13H17N5O2. The number of amides is 1. The van der Waals surface area contributed by atoms with E-state index in [9.17, 15) is 4.79 Å². The smallest absolute Gasteiger partial charge is 0.257 e. The fraction of sp³-hybridized carbons (Fsp3) is 0.308. The van der Waals surface area contributed by atoms with Crippen LogP contribution < -0.4 is 15.8 Å². The number of nitrogens with one attached hydrogen (secondary N) is 1. The first-order chi connectivity index (χ1) is 9.74. The molecule has 3 N–H and O–H groups in total. The third-order valence-corrected chi connectivity index (χ3v) is 2.61. The molecule has 1 heterocycles. The molecule has 0 saturated carbocycles. The summed E-state index contributed by atoms with van der Waals surface area (Å²) in [5, 5.41) is 10.3. The number of aromatic nitrogens is 3. The van der Waals surface area contributed by atoms with Gasteiger partial charge in [0.15, 0.2) is 6.61 Å². The lowest BCUT2D eigenvalue weighted by molar-refractivity contribution is -0.123.